The molecule has 0 aliphatic heterocycles. The van der Waals surface area contributed by atoms with Crippen LogP contribution in [0.5, 0.6) is 5.88 Å². The third kappa shape index (κ3) is 3.33. The van der Waals surface area contributed by atoms with Gasteiger partial charge >= 0.3 is 5.97 Å². The van der Waals surface area contributed by atoms with Crippen LogP contribution in [0.1, 0.15) is 23.7 Å². The van der Waals surface area contributed by atoms with Crippen LogP contribution in [-0.2, 0) is 4.79 Å². The van der Waals surface area contributed by atoms with Gasteiger partial charge in [0.15, 0.2) is 5.88 Å². The molecule has 1 aromatic heterocycles. The highest BCUT2D eigenvalue weighted by molar-refractivity contribution is 5.96. The molecule has 0 radical (unpaired) electrons. The van der Waals surface area contributed by atoms with E-state index in [1.807, 2.05) is 0 Å². The molecule has 17 heavy (non-hydrogen) atoms. The lowest BCUT2D eigenvalue weighted by molar-refractivity contribution is -0.139. The first kappa shape index (κ1) is 12.8. The summed E-state index contributed by atoms with van der Waals surface area (Å²) in [4.78, 5) is 35.3. The molecule has 7 nitrogen and oxygen atoms in total. The molecule has 1 aromatic rings. The van der Waals surface area contributed by atoms with Gasteiger partial charge in [0.05, 0.1) is 5.56 Å². The number of aliphatic carboxylic acids is 1. The van der Waals surface area contributed by atoms with Crippen molar-refractivity contribution < 1.29 is 19.8 Å². The SMILES string of the molecule is CCC(NC(=O)c1cc(O)[nH]c(=O)c1)C(=O)O. The predicted octanol–water partition coefficient (Wildman–Crippen LogP) is -0.327. The smallest absolute Gasteiger partial charge is 0.326 e. The van der Waals surface area contributed by atoms with Gasteiger partial charge in [0.2, 0.25) is 0 Å². The molecular weight excluding hydrogens is 228 g/mol. The van der Waals surface area contributed by atoms with E-state index in [1.54, 1.807) is 6.92 Å². The van der Waals surface area contributed by atoms with Crippen LogP contribution >= 0.6 is 0 Å². The summed E-state index contributed by atoms with van der Waals surface area (Å²) in [5, 5.41) is 20.1. The average molecular weight is 240 g/mol. The van der Waals surface area contributed by atoms with E-state index in [0.29, 0.717) is 0 Å². The molecule has 0 aromatic carbocycles. The Labute approximate surface area is 96.1 Å². The third-order valence-electron chi connectivity index (χ3n) is 2.10. The number of carbonyl (C=O) groups is 2. The van der Waals surface area contributed by atoms with Crippen LogP contribution in [0.15, 0.2) is 16.9 Å². The van der Waals surface area contributed by atoms with Crippen LogP contribution in [0.2, 0.25) is 0 Å². The Bertz CT molecular complexity index is 494. The van der Waals surface area contributed by atoms with Crippen molar-refractivity contribution in [1.82, 2.24) is 10.3 Å². The van der Waals surface area contributed by atoms with E-state index in [1.165, 1.54) is 0 Å². The van der Waals surface area contributed by atoms with Gasteiger partial charge in [0.25, 0.3) is 11.5 Å². The molecule has 1 unspecified atom stereocenters. The summed E-state index contributed by atoms with van der Waals surface area (Å²) in [6.07, 6.45) is 0.218. The summed E-state index contributed by atoms with van der Waals surface area (Å²) in [5.74, 6) is -2.33. The van der Waals surface area contributed by atoms with Crippen molar-refractivity contribution in [3.8, 4) is 5.88 Å². The number of H-pyrrole nitrogens is 1. The van der Waals surface area contributed by atoms with Crippen molar-refractivity contribution in [3.05, 3.63) is 28.0 Å². The van der Waals surface area contributed by atoms with E-state index >= 15 is 0 Å². The minimum atomic E-state index is -1.16. The summed E-state index contributed by atoms with van der Waals surface area (Å²) >= 11 is 0. The molecular formula is C10H12N2O5. The van der Waals surface area contributed by atoms with Gasteiger partial charge in [-0.2, -0.15) is 0 Å². The molecule has 0 aliphatic carbocycles. The number of carboxylic acid groups (broad SMARTS) is 1. The normalized spacial score (nSPS) is 11.8. The number of amides is 1. The molecule has 0 aliphatic rings. The second-order valence-electron chi connectivity index (χ2n) is 3.39. The molecule has 1 heterocycles. The first-order valence-corrected chi connectivity index (χ1v) is 4.91. The van der Waals surface area contributed by atoms with Gasteiger partial charge in [-0.25, -0.2) is 4.79 Å². The Morgan fingerprint density at radius 1 is 1.47 bits per heavy atom. The number of hydrogen-bond donors (Lipinski definition) is 4. The fourth-order valence-electron chi connectivity index (χ4n) is 1.24. The number of pyridine rings is 1. The molecule has 7 heteroatoms. The maximum Gasteiger partial charge on any atom is 0.326 e. The zero-order chi connectivity index (χ0) is 13.0. The van der Waals surface area contributed by atoms with E-state index in [-0.39, 0.29) is 12.0 Å². The molecule has 0 saturated heterocycles. The second kappa shape index (κ2) is 5.15. The minimum Gasteiger partial charge on any atom is -0.494 e. The molecule has 0 bridgehead atoms. The Balaban J connectivity index is 2.89. The number of carboxylic acids is 1. The van der Waals surface area contributed by atoms with Crippen LogP contribution < -0.4 is 10.9 Å². The first-order valence-electron chi connectivity index (χ1n) is 4.91. The van der Waals surface area contributed by atoms with Gasteiger partial charge in [-0.05, 0) is 6.42 Å². The van der Waals surface area contributed by atoms with E-state index in [4.69, 9.17) is 10.2 Å². The topological polar surface area (TPSA) is 119 Å². The van der Waals surface area contributed by atoms with Crippen molar-refractivity contribution in [1.29, 1.82) is 0 Å². The molecule has 1 atom stereocenters. The molecule has 1 rings (SSSR count). The lowest BCUT2D eigenvalue weighted by Gasteiger charge is -2.11. The third-order valence-corrected chi connectivity index (χ3v) is 2.10. The zero-order valence-electron chi connectivity index (χ0n) is 9.06. The van der Waals surface area contributed by atoms with Gasteiger partial charge in [-0.3, -0.25) is 14.6 Å². The van der Waals surface area contributed by atoms with Crippen molar-refractivity contribution in [2.75, 3.05) is 0 Å². The van der Waals surface area contributed by atoms with Crippen molar-refractivity contribution in [3.63, 3.8) is 0 Å². The summed E-state index contributed by atoms with van der Waals surface area (Å²) in [6.45, 7) is 1.61. The average Bonchev–Trinajstić information content (AvgIpc) is 2.23. The Hall–Kier alpha value is -2.31. The predicted molar refractivity (Wildman–Crippen MR) is 57.9 cm³/mol. The van der Waals surface area contributed by atoms with Crippen LogP contribution in [-0.4, -0.2) is 33.1 Å². The van der Waals surface area contributed by atoms with Crippen LogP contribution in [0.4, 0.5) is 0 Å². The summed E-state index contributed by atoms with van der Waals surface area (Å²) in [7, 11) is 0. The summed E-state index contributed by atoms with van der Waals surface area (Å²) < 4.78 is 0. The fraction of sp³-hybridized carbons (Fsp3) is 0.300. The highest BCUT2D eigenvalue weighted by Crippen LogP contribution is 2.04. The summed E-state index contributed by atoms with van der Waals surface area (Å²) in [5.41, 5.74) is -0.732. The number of carbonyl (C=O) groups excluding carboxylic acids is 1. The Morgan fingerprint density at radius 3 is 2.59 bits per heavy atom. The van der Waals surface area contributed by atoms with Crippen molar-refractivity contribution >= 4 is 11.9 Å². The summed E-state index contributed by atoms with van der Waals surface area (Å²) in [6, 6.07) is 0.999. The number of aromatic amines is 1. The number of nitrogens with one attached hydrogen (secondary N) is 2. The van der Waals surface area contributed by atoms with Crippen molar-refractivity contribution in [2.24, 2.45) is 0 Å². The largest absolute Gasteiger partial charge is 0.494 e. The molecule has 4 N–H and O–H groups in total. The molecule has 0 spiro atoms. The number of hydrogen-bond acceptors (Lipinski definition) is 4. The molecule has 92 valence electrons. The van der Waals surface area contributed by atoms with Gasteiger partial charge in [-0.1, -0.05) is 6.92 Å². The van der Waals surface area contributed by atoms with E-state index < -0.39 is 29.4 Å². The monoisotopic (exact) mass is 240 g/mol. The number of rotatable bonds is 4. The maximum atomic E-state index is 11.6. The fourth-order valence-corrected chi connectivity index (χ4v) is 1.24. The second-order valence-corrected chi connectivity index (χ2v) is 3.39. The quantitative estimate of drug-likeness (QED) is 0.574. The van der Waals surface area contributed by atoms with Crippen LogP contribution in [0.3, 0.4) is 0 Å². The van der Waals surface area contributed by atoms with E-state index in [9.17, 15) is 14.4 Å². The zero-order valence-corrected chi connectivity index (χ0v) is 9.06. The number of aromatic hydroxyl groups is 1. The lowest BCUT2D eigenvalue weighted by atomic mass is 10.2. The Kier molecular flexibility index (Phi) is 3.86. The molecule has 1 amide bonds. The maximum absolute atomic E-state index is 11.6. The van der Waals surface area contributed by atoms with Gasteiger partial charge in [-0.15, -0.1) is 0 Å². The van der Waals surface area contributed by atoms with Crippen molar-refractivity contribution in [2.45, 2.75) is 19.4 Å². The van der Waals surface area contributed by atoms with Gasteiger partial charge < -0.3 is 15.5 Å². The highest BCUT2D eigenvalue weighted by atomic mass is 16.4. The van der Waals surface area contributed by atoms with Gasteiger partial charge in [0.1, 0.15) is 6.04 Å². The van der Waals surface area contributed by atoms with E-state index in [0.717, 1.165) is 12.1 Å². The van der Waals surface area contributed by atoms with E-state index in [2.05, 4.69) is 10.3 Å². The number of aromatic nitrogens is 1. The van der Waals surface area contributed by atoms with Gasteiger partial charge in [0, 0.05) is 12.1 Å². The molecule has 0 fully saturated rings. The molecule has 0 saturated carbocycles. The lowest BCUT2D eigenvalue weighted by Crippen LogP contribution is -2.40. The standard InChI is InChI=1S/C10H12N2O5/c1-2-6(10(16)17)11-9(15)5-3-7(13)12-8(14)4-5/h3-4,6H,2H2,1H3,(H,11,15)(H,16,17)(H2,12,13,14). The van der Waals surface area contributed by atoms with Crippen LogP contribution in [0.25, 0.3) is 0 Å². The first-order chi connectivity index (χ1) is 7.93. The highest BCUT2D eigenvalue weighted by Gasteiger charge is 2.18. The Morgan fingerprint density at radius 2 is 2.12 bits per heavy atom. The van der Waals surface area contributed by atoms with Crippen LogP contribution in [0, 0.1) is 0 Å². The minimum absolute atomic E-state index is 0.0917.